The number of hydrogen-bond donors (Lipinski definition) is 1. The lowest BCUT2D eigenvalue weighted by molar-refractivity contribution is -0.158. The van der Waals surface area contributed by atoms with Gasteiger partial charge in [0.25, 0.3) is 0 Å². The minimum atomic E-state index is -0.739. The molecule has 0 saturated carbocycles. The lowest BCUT2D eigenvalue weighted by Gasteiger charge is -2.48. The first-order valence-electron chi connectivity index (χ1n) is 6.88. The first kappa shape index (κ1) is 16.0. The molecule has 1 aromatic rings. The van der Waals surface area contributed by atoms with Crippen molar-refractivity contribution in [2.75, 3.05) is 20.2 Å². The molecule has 1 amide bonds. The number of benzene rings is 1. The molecule has 1 aliphatic heterocycles. The minimum Gasteiger partial charge on any atom is -0.496 e. The van der Waals surface area contributed by atoms with Crippen LogP contribution in [0.4, 0.5) is 0 Å². The molecule has 1 aliphatic rings. The van der Waals surface area contributed by atoms with E-state index >= 15 is 0 Å². The fourth-order valence-electron chi connectivity index (χ4n) is 2.24. The van der Waals surface area contributed by atoms with E-state index in [1.54, 1.807) is 18.1 Å². The normalized spacial score (nSPS) is 17.1. The number of rotatable bonds is 4. The van der Waals surface area contributed by atoms with E-state index in [0.717, 1.165) is 10.0 Å². The molecular formula is C16H20BrNO3. The Hall–Kier alpha value is -1.33. The number of ether oxygens (including phenoxy) is 1. The average Bonchev–Trinajstić information content (AvgIpc) is 2.41. The summed E-state index contributed by atoms with van der Waals surface area (Å²) in [6.45, 7) is 4.71. The maximum absolute atomic E-state index is 12.1. The van der Waals surface area contributed by atoms with Gasteiger partial charge in [-0.25, -0.2) is 0 Å². The summed E-state index contributed by atoms with van der Waals surface area (Å²) in [5.41, 5.74) is 0.0941. The van der Waals surface area contributed by atoms with Gasteiger partial charge < -0.3 is 14.7 Å². The van der Waals surface area contributed by atoms with Crippen molar-refractivity contribution in [3.05, 3.63) is 34.3 Å². The third-order valence-electron chi connectivity index (χ3n) is 3.91. The molecule has 0 atom stereocenters. The van der Waals surface area contributed by atoms with Crippen LogP contribution in [-0.4, -0.2) is 41.7 Å². The molecular weight excluding hydrogens is 334 g/mol. The highest BCUT2D eigenvalue weighted by molar-refractivity contribution is 9.10. The van der Waals surface area contributed by atoms with Gasteiger partial charge in [-0.15, -0.1) is 0 Å². The van der Waals surface area contributed by atoms with Crippen LogP contribution in [-0.2, 0) is 4.79 Å². The molecule has 1 fully saturated rings. The third-order valence-corrected chi connectivity index (χ3v) is 4.41. The second-order valence-corrected chi connectivity index (χ2v) is 6.59. The summed E-state index contributed by atoms with van der Waals surface area (Å²) in [6.07, 6.45) is 3.25. The van der Waals surface area contributed by atoms with Crippen LogP contribution in [0.1, 0.15) is 19.4 Å². The molecule has 1 N–H and O–H groups in total. The zero-order valence-corrected chi connectivity index (χ0v) is 14.1. The van der Waals surface area contributed by atoms with Crippen molar-refractivity contribution in [1.82, 2.24) is 4.90 Å². The van der Waals surface area contributed by atoms with Crippen molar-refractivity contribution in [1.29, 1.82) is 0 Å². The minimum absolute atomic E-state index is 0.0950. The average molecular weight is 354 g/mol. The monoisotopic (exact) mass is 353 g/mol. The Balaban J connectivity index is 2.03. The fraction of sp³-hybridized carbons (Fsp3) is 0.438. The van der Waals surface area contributed by atoms with Crippen LogP contribution in [0.25, 0.3) is 6.08 Å². The second-order valence-electron chi connectivity index (χ2n) is 5.67. The van der Waals surface area contributed by atoms with Gasteiger partial charge in [0.1, 0.15) is 11.4 Å². The lowest BCUT2D eigenvalue weighted by atomic mass is 9.83. The predicted octanol–water partition coefficient (Wildman–Crippen LogP) is 2.70. The van der Waals surface area contributed by atoms with Gasteiger partial charge in [0.2, 0.25) is 5.91 Å². The first-order valence-corrected chi connectivity index (χ1v) is 7.68. The number of hydrogen-bond acceptors (Lipinski definition) is 3. The molecule has 4 nitrogen and oxygen atoms in total. The highest BCUT2D eigenvalue weighted by atomic mass is 79.9. The molecule has 0 unspecified atom stereocenters. The zero-order valence-electron chi connectivity index (χ0n) is 12.5. The maximum Gasteiger partial charge on any atom is 0.246 e. The molecule has 1 heterocycles. The highest BCUT2D eigenvalue weighted by Crippen LogP contribution is 2.29. The van der Waals surface area contributed by atoms with E-state index in [1.807, 2.05) is 32.0 Å². The van der Waals surface area contributed by atoms with Crippen LogP contribution in [0.5, 0.6) is 5.75 Å². The van der Waals surface area contributed by atoms with E-state index in [4.69, 9.17) is 4.74 Å². The van der Waals surface area contributed by atoms with E-state index in [9.17, 15) is 9.90 Å². The molecule has 0 radical (unpaired) electrons. The zero-order chi connectivity index (χ0) is 15.6. The van der Waals surface area contributed by atoms with Gasteiger partial charge in [0, 0.05) is 16.1 Å². The van der Waals surface area contributed by atoms with Gasteiger partial charge >= 0.3 is 0 Å². The molecule has 21 heavy (non-hydrogen) atoms. The van der Waals surface area contributed by atoms with E-state index in [1.165, 1.54) is 6.08 Å². The van der Waals surface area contributed by atoms with Gasteiger partial charge in [-0.05, 0) is 30.2 Å². The van der Waals surface area contributed by atoms with Gasteiger partial charge in [0.05, 0.1) is 20.2 Å². The van der Waals surface area contributed by atoms with Crippen LogP contribution in [0.2, 0.25) is 0 Å². The Bertz CT molecular complexity index is 563. The van der Waals surface area contributed by atoms with Gasteiger partial charge in [0.15, 0.2) is 0 Å². The quantitative estimate of drug-likeness (QED) is 0.846. The van der Waals surface area contributed by atoms with Gasteiger partial charge in [-0.1, -0.05) is 29.8 Å². The van der Waals surface area contributed by atoms with Crippen molar-refractivity contribution < 1.29 is 14.6 Å². The first-order chi connectivity index (χ1) is 9.85. The van der Waals surface area contributed by atoms with E-state index in [-0.39, 0.29) is 11.8 Å². The second kappa shape index (κ2) is 6.20. The van der Waals surface area contributed by atoms with Gasteiger partial charge in [-0.2, -0.15) is 0 Å². The van der Waals surface area contributed by atoms with Crippen LogP contribution in [0.15, 0.2) is 28.7 Å². The molecule has 5 heteroatoms. The third kappa shape index (κ3) is 3.47. The smallest absolute Gasteiger partial charge is 0.246 e. The lowest BCUT2D eigenvalue weighted by Crippen LogP contribution is -2.65. The Morgan fingerprint density at radius 1 is 1.48 bits per heavy atom. The molecule has 0 aromatic heterocycles. The van der Waals surface area contributed by atoms with Crippen molar-refractivity contribution in [3.8, 4) is 5.75 Å². The molecule has 2 rings (SSSR count). The number of likely N-dealkylation sites (tertiary alicyclic amines) is 1. The highest BCUT2D eigenvalue weighted by Gasteiger charge is 2.45. The van der Waals surface area contributed by atoms with Gasteiger partial charge in [-0.3, -0.25) is 4.79 Å². The van der Waals surface area contributed by atoms with E-state index in [0.29, 0.717) is 18.8 Å². The van der Waals surface area contributed by atoms with Crippen LogP contribution < -0.4 is 4.74 Å². The molecule has 0 spiro atoms. The summed E-state index contributed by atoms with van der Waals surface area (Å²) < 4.78 is 6.19. The maximum atomic E-state index is 12.1. The molecule has 114 valence electrons. The number of aliphatic hydroxyl groups is 1. The summed E-state index contributed by atoms with van der Waals surface area (Å²) in [7, 11) is 1.60. The SMILES string of the molecule is COc1ccc(Br)cc1C=CC(=O)N1CC(O)(C(C)C)C1. The molecule has 0 aliphatic carbocycles. The van der Waals surface area contributed by atoms with Crippen LogP contribution in [0.3, 0.4) is 0 Å². The topological polar surface area (TPSA) is 49.8 Å². The number of carbonyl (C=O) groups excluding carboxylic acids is 1. The standard InChI is InChI=1S/C16H20BrNO3/c1-11(2)16(20)9-18(10-16)15(19)7-4-12-8-13(17)5-6-14(12)21-3/h4-8,11,20H,9-10H2,1-3H3. The summed E-state index contributed by atoms with van der Waals surface area (Å²) >= 11 is 3.40. The Labute approximate surface area is 133 Å². The van der Waals surface area contributed by atoms with E-state index in [2.05, 4.69) is 15.9 Å². The van der Waals surface area contributed by atoms with Crippen molar-refractivity contribution >= 4 is 27.9 Å². The Morgan fingerprint density at radius 2 is 2.14 bits per heavy atom. The summed E-state index contributed by atoms with van der Waals surface area (Å²) in [5, 5.41) is 10.2. The largest absolute Gasteiger partial charge is 0.496 e. The summed E-state index contributed by atoms with van der Waals surface area (Å²) in [4.78, 5) is 13.7. The number of β-amino-alcohol motifs (C(OH)–C–C–N with tert-alkyl or cyclic N) is 1. The Kier molecular flexibility index (Phi) is 4.74. The van der Waals surface area contributed by atoms with Crippen LogP contribution >= 0.6 is 15.9 Å². The van der Waals surface area contributed by atoms with Crippen molar-refractivity contribution in [3.63, 3.8) is 0 Å². The number of nitrogens with zero attached hydrogens (tertiary/aromatic N) is 1. The number of methoxy groups -OCH3 is 1. The molecule has 1 saturated heterocycles. The fourth-order valence-corrected chi connectivity index (χ4v) is 2.62. The number of carbonyl (C=O) groups is 1. The molecule has 0 bridgehead atoms. The van der Waals surface area contributed by atoms with E-state index < -0.39 is 5.60 Å². The summed E-state index contributed by atoms with van der Waals surface area (Å²) in [6, 6.07) is 5.62. The molecule has 1 aromatic carbocycles. The Morgan fingerprint density at radius 3 is 2.71 bits per heavy atom. The van der Waals surface area contributed by atoms with Crippen LogP contribution in [0, 0.1) is 5.92 Å². The number of halogens is 1. The van der Waals surface area contributed by atoms with Crippen molar-refractivity contribution in [2.24, 2.45) is 5.92 Å². The van der Waals surface area contributed by atoms with Crippen molar-refractivity contribution in [2.45, 2.75) is 19.4 Å². The number of amides is 1. The summed E-state index contributed by atoms with van der Waals surface area (Å²) in [5.74, 6) is 0.766. The predicted molar refractivity (Wildman–Crippen MR) is 86.1 cm³/mol.